The molecule has 2 aromatic carbocycles. The second-order valence-corrected chi connectivity index (χ2v) is 6.81. The van der Waals surface area contributed by atoms with Gasteiger partial charge in [0.15, 0.2) is 0 Å². The van der Waals surface area contributed by atoms with Crippen LogP contribution in [-0.2, 0) is 16.1 Å². The zero-order chi connectivity index (χ0) is 17.9. The summed E-state index contributed by atoms with van der Waals surface area (Å²) >= 11 is 0. The smallest absolute Gasteiger partial charge is 0.410 e. The highest BCUT2D eigenvalue weighted by molar-refractivity contribution is 5.69. The maximum absolute atomic E-state index is 13.1. The minimum atomic E-state index is -0.468. The van der Waals surface area contributed by atoms with E-state index < -0.39 is 5.54 Å². The average molecular weight is 343 g/mol. The Morgan fingerprint density at radius 2 is 1.88 bits per heavy atom. The zero-order valence-corrected chi connectivity index (χ0v) is 14.4. The number of ether oxygens (including phenoxy) is 2. The molecule has 5 heteroatoms. The highest BCUT2D eigenvalue weighted by atomic mass is 19.1. The molecular weight excluding hydrogens is 321 g/mol. The predicted octanol–water partition coefficient (Wildman–Crippen LogP) is 4.31. The van der Waals surface area contributed by atoms with Gasteiger partial charge in [-0.1, -0.05) is 42.5 Å². The SMILES string of the molecule is CC1(C)COC(c2ccc(F)cc2)CN1C(=O)OCc1ccccc1. The molecule has 2 aromatic rings. The molecule has 1 aliphatic heterocycles. The number of morpholine rings is 1. The highest BCUT2D eigenvalue weighted by Crippen LogP contribution is 2.31. The number of halogens is 1. The maximum atomic E-state index is 13.1. The normalized spacial score (nSPS) is 19.5. The number of carbonyl (C=O) groups excluding carboxylic acids is 1. The van der Waals surface area contributed by atoms with Crippen molar-refractivity contribution in [2.45, 2.75) is 32.1 Å². The first-order valence-corrected chi connectivity index (χ1v) is 8.31. The van der Waals surface area contributed by atoms with Gasteiger partial charge in [0.25, 0.3) is 0 Å². The van der Waals surface area contributed by atoms with Crippen LogP contribution in [0.3, 0.4) is 0 Å². The molecule has 1 atom stereocenters. The molecule has 1 amide bonds. The Balaban J connectivity index is 1.68. The molecule has 25 heavy (non-hydrogen) atoms. The number of rotatable bonds is 3. The molecule has 0 saturated carbocycles. The lowest BCUT2D eigenvalue weighted by Gasteiger charge is -2.44. The van der Waals surface area contributed by atoms with Crippen molar-refractivity contribution >= 4 is 6.09 Å². The van der Waals surface area contributed by atoms with Crippen molar-refractivity contribution in [2.75, 3.05) is 13.2 Å². The van der Waals surface area contributed by atoms with Crippen molar-refractivity contribution in [1.82, 2.24) is 4.90 Å². The van der Waals surface area contributed by atoms with Crippen LogP contribution in [0.15, 0.2) is 54.6 Å². The first kappa shape index (κ1) is 17.4. The molecular formula is C20H22FNO3. The van der Waals surface area contributed by atoms with Crippen LogP contribution >= 0.6 is 0 Å². The number of nitrogens with zero attached hydrogens (tertiary/aromatic N) is 1. The van der Waals surface area contributed by atoms with E-state index in [1.807, 2.05) is 44.2 Å². The molecule has 0 aliphatic carbocycles. The standard InChI is InChI=1S/C20H22FNO3/c1-20(2)14-25-18(16-8-10-17(21)11-9-16)12-22(20)19(23)24-13-15-6-4-3-5-7-15/h3-11,18H,12-14H2,1-2H3. The first-order valence-electron chi connectivity index (χ1n) is 8.31. The Bertz CT molecular complexity index is 715. The van der Waals surface area contributed by atoms with Crippen LogP contribution in [0.4, 0.5) is 9.18 Å². The fourth-order valence-corrected chi connectivity index (χ4v) is 2.85. The van der Waals surface area contributed by atoms with Gasteiger partial charge in [-0.15, -0.1) is 0 Å². The van der Waals surface area contributed by atoms with Gasteiger partial charge in [-0.2, -0.15) is 0 Å². The summed E-state index contributed by atoms with van der Waals surface area (Å²) in [5, 5.41) is 0. The third-order valence-corrected chi connectivity index (χ3v) is 4.38. The third kappa shape index (κ3) is 4.17. The number of hydrogen-bond donors (Lipinski definition) is 0. The Kier molecular flexibility index (Phi) is 5.04. The lowest BCUT2D eigenvalue weighted by molar-refractivity contribution is -0.0925. The molecule has 1 fully saturated rings. The van der Waals surface area contributed by atoms with Crippen LogP contribution in [0.5, 0.6) is 0 Å². The minimum Gasteiger partial charge on any atom is -0.445 e. The summed E-state index contributed by atoms with van der Waals surface area (Å²) < 4.78 is 24.5. The Labute approximate surface area is 147 Å². The van der Waals surface area contributed by atoms with Gasteiger partial charge >= 0.3 is 6.09 Å². The molecule has 0 bridgehead atoms. The van der Waals surface area contributed by atoms with Gasteiger partial charge in [-0.25, -0.2) is 9.18 Å². The van der Waals surface area contributed by atoms with Crippen molar-refractivity contribution < 1.29 is 18.7 Å². The van der Waals surface area contributed by atoms with Crippen LogP contribution < -0.4 is 0 Å². The monoisotopic (exact) mass is 343 g/mol. The second-order valence-electron chi connectivity index (χ2n) is 6.81. The minimum absolute atomic E-state index is 0.230. The van der Waals surface area contributed by atoms with Gasteiger partial charge in [-0.05, 0) is 37.1 Å². The molecule has 1 unspecified atom stereocenters. The summed E-state index contributed by atoms with van der Waals surface area (Å²) in [7, 11) is 0. The number of benzene rings is 2. The van der Waals surface area contributed by atoms with E-state index >= 15 is 0 Å². The molecule has 1 saturated heterocycles. The Morgan fingerprint density at radius 3 is 2.56 bits per heavy atom. The summed E-state index contributed by atoms with van der Waals surface area (Å²) in [6, 6.07) is 15.7. The van der Waals surface area contributed by atoms with Crippen molar-refractivity contribution in [3.8, 4) is 0 Å². The molecule has 1 heterocycles. The summed E-state index contributed by atoms with van der Waals surface area (Å²) in [6.45, 7) is 4.87. The van der Waals surface area contributed by atoms with E-state index in [-0.39, 0.29) is 24.6 Å². The predicted molar refractivity (Wildman–Crippen MR) is 92.5 cm³/mol. The van der Waals surface area contributed by atoms with Gasteiger partial charge in [0.05, 0.1) is 18.7 Å². The van der Waals surface area contributed by atoms with E-state index in [1.54, 1.807) is 17.0 Å². The molecule has 4 nitrogen and oxygen atoms in total. The molecule has 132 valence electrons. The molecule has 3 rings (SSSR count). The van der Waals surface area contributed by atoms with Gasteiger partial charge in [-0.3, -0.25) is 4.90 Å². The zero-order valence-electron chi connectivity index (χ0n) is 14.4. The Morgan fingerprint density at radius 1 is 1.20 bits per heavy atom. The van der Waals surface area contributed by atoms with Gasteiger partial charge in [0.1, 0.15) is 18.5 Å². The second kappa shape index (κ2) is 7.23. The fourth-order valence-electron chi connectivity index (χ4n) is 2.85. The van der Waals surface area contributed by atoms with Crippen LogP contribution in [0.1, 0.15) is 31.1 Å². The van der Waals surface area contributed by atoms with E-state index in [4.69, 9.17) is 9.47 Å². The van der Waals surface area contributed by atoms with Crippen molar-refractivity contribution in [1.29, 1.82) is 0 Å². The third-order valence-electron chi connectivity index (χ3n) is 4.38. The lowest BCUT2D eigenvalue weighted by Crippen LogP contribution is -2.56. The van der Waals surface area contributed by atoms with Crippen LogP contribution in [0, 0.1) is 5.82 Å². The van der Waals surface area contributed by atoms with Crippen LogP contribution in [0.25, 0.3) is 0 Å². The molecule has 0 spiro atoms. The van der Waals surface area contributed by atoms with Crippen molar-refractivity contribution in [2.24, 2.45) is 0 Å². The van der Waals surface area contributed by atoms with Crippen LogP contribution in [-0.4, -0.2) is 29.7 Å². The maximum Gasteiger partial charge on any atom is 0.410 e. The summed E-state index contributed by atoms with van der Waals surface area (Å²) in [4.78, 5) is 14.3. The van der Waals surface area contributed by atoms with Crippen molar-refractivity contribution in [3.05, 3.63) is 71.5 Å². The quantitative estimate of drug-likeness (QED) is 0.833. The average Bonchev–Trinajstić information content (AvgIpc) is 2.61. The van der Waals surface area contributed by atoms with Gasteiger partial charge < -0.3 is 9.47 Å². The van der Waals surface area contributed by atoms with E-state index in [2.05, 4.69) is 0 Å². The van der Waals surface area contributed by atoms with Gasteiger partial charge in [0.2, 0.25) is 0 Å². The number of hydrogen-bond acceptors (Lipinski definition) is 3. The van der Waals surface area contributed by atoms with E-state index in [9.17, 15) is 9.18 Å². The molecule has 0 aromatic heterocycles. The largest absolute Gasteiger partial charge is 0.445 e. The number of carbonyl (C=O) groups is 1. The summed E-state index contributed by atoms with van der Waals surface area (Å²) in [5.41, 5.74) is 1.32. The summed E-state index contributed by atoms with van der Waals surface area (Å²) in [6.07, 6.45) is -0.665. The lowest BCUT2D eigenvalue weighted by atomic mass is 9.99. The molecule has 0 radical (unpaired) electrons. The Hall–Kier alpha value is -2.40. The highest BCUT2D eigenvalue weighted by Gasteiger charge is 2.39. The van der Waals surface area contributed by atoms with E-state index in [0.717, 1.165) is 11.1 Å². The topological polar surface area (TPSA) is 38.8 Å². The number of amides is 1. The fraction of sp³-hybridized carbons (Fsp3) is 0.350. The molecule has 1 aliphatic rings. The van der Waals surface area contributed by atoms with Crippen LogP contribution in [0.2, 0.25) is 0 Å². The molecule has 0 N–H and O–H groups in total. The van der Waals surface area contributed by atoms with E-state index in [1.165, 1.54) is 12.1 Å². The summed E-state index contributed by atoms with van der Waals surface area (Å²) in [5.74, 6) is -0.293. The van der Waals surface area contributed by atoms with Crippen molar-refractivity contribution in [3.63, 3.8) is 0 Å². The van der Waals surface area contributed by atoms with Gasteiger partial charge in [0, 0.05) is 0 Å². The first-order chi connectivity index (χ1) is 12.0. The van der Waals surface area contributed by atoms with E-state index in [0.29, 0.717) is 13.2 Å².